The highest BCUT2D eigenvalue weighted by atomic mass is 35.5. The Kier molecular flexibility index (Phi) is 8.18. The molecule has 3 rings (SSSR count). The maximum absolute atomic E-state index is 12.3. The summed E-state index contributed by atoms with van der Waals surface area (Å²) >= 11 is 18.0. The number of rotatable bonds is 8. The number of nitrogens with one attached hydrogen (secondary N) is 3. The Morgan fingerprint density at radius 3 is 2.06 bits per heavy atom. The molecule has 0 unspecified atom stereocenters. The van der Waals surface area contributed by atoms with Crippen LogP contribution in [-0.4, -0.2) is 18.4 Å². The molecule has 0 aliphatic heterocycles. The second kappa shape index (κ2) is 11.0. The Labute approximate surface area is 195 Å². The smallest absolute Gasteiger partial charge is 0.243 e. The number of hydrogen-bond donors (Lipinski definition) is 3. The van der Waals surface area contributed by atoms with E-state index in [1.165, 1.54) is 6.07 Å². The van der Waals surface area contributed by atoms with Gasteiger partial charge in [-0.25, -0.2) is 0 Å². The fourth-order valence-corrected chi connectivity index (χ4v) is 3.45. The summed E-state index contributed by atoms with van der Waals surface area (Å²) in [6.07, 6.45) is 1.03. The Balaban J connectivity index is 1.51. The first-order valence-corrected chi connectivity index (χ1v) is 10.7. The van der Waals surface area contributed by atoms with E-state index < -0.39 is 0 Å². The van der Waals surface area contributed by atoms with Crippen molar-refractivity contribution in [3.8, 4) is 0 Å². The van der Waals surface area contributed by atoms with Crippen molar-refractivity contribution >= 4 is 63.7 Å². The van der Waals surface area contributed by atoms with Crippen LogP contribution in [0.5, 0.6) is 0 Å². The average molecular weight is 477 g/mol. The van der Waals surface area contributed by atoms with E-state index in [2.05, 4.69) is 16.0 Å². The Bertz CT molecular complexity index is 1070. The third-order valence-electron chi connectivity index (χ3n) is 4.36. The van der Waals surface area contributed by atoms with E-state index in [4.69, 9.17) is 34.8 Å². The molecule has 0 fully saturated rings. The van der Waals surface area contributed by atoms with Crippen molar-refractivity contribution in [1.29, 1.82) is 0 Å². The highest BCUT2D eigenvalue weighted by molar-refractivity contribution is 6.44. The molecular formula is C23H20Cl3N3O2. The van der Waals surface area contributed by atoms with Crippen LogP contribution < -0.4 is 16.0 Å². The maximum Gasteiger partial charge on any atom is 0.243 e. The van der Waals surface area contributed by atoms with Crippen molar-refractivity contribution < 1.29 is 9.59 Å². The highest BCUT2D eigenvalue weighted by Crippen LogP contribution is 2.32. The molecule has 3 aromatic rings. The molecule has 0 saturated carbocycles. The van der Waals surface area contributed by atoms with E-state index in [1.54, 1.807) is 30.3 Å². The molecule has 3 aromatic carbocycles. The molecule has 0 bridgehead atoms. The van der Waals surface area contributed by atoms with Gasteiger partial charge in [-0.15, -0.1) is 0 Å². The fourth-order valence-electron chi connectivity index (χ4n) is 2.84. The number of anilines is 3. The third-order valence-corrected chi connectivity index (χ3v) is 5.40. The topological polar surface area (TPSA) is 70.2 Å². The minimum atomic E-state index is -0.283. The standard InChI is InChI=1S/C23H20Cl3N3O2/c24-18-12-20(26)21(13-19(18)25)27-14-23(31)29-17-8-4-7-16(11-17)28-22(30)10-9-15-5-2-1-3-6-15/h1-8,11-13,27H,9-10,14H2,(H,28,30)(H,29,31). The molecule has 0 atom stereocenters. The summed E-state index contributed by atoms with van der Waals surface area (Å²) in [5, 5.41) is 9.59. The summed E-state index contributed by atoms with van der Waals surface area (Å²) in [6.45, 7) is -0.0225. The van der Waals surface area contributed by atoms with Gasteiger partial charge >= 0.3 is 0 Å². The van der Waals surface area contributed by atoms with Crippen molar-refractivity contribution in [2.24, 2.45) is 0 Å². The van der Waals surface area contributed by atoms with Gasteiger partial charge in [0.1, 0.15) is 0 Å². The second-order valence-electron chi connectivity index (χ2n) is 6.76. The summed E-state index contributed by atoms with van der Waals surface area (Å²) in [6, 6.07) is 19.8. The van der Waals surface area contributed by atoms with Crippen LogP contribution in [0.1, 0.15) is 12.0 Å². The Morgan fingerprint density at radius 2 is 1.35 bits per heavy atom. The van der Waals surface area contributed by atoms with Crippen LogP contribution in [0.25, 0.3) is 0 Å². The van der Waals surface area contributed by atoms with Crippen LogP contribution in [0.4, 0.5) is 17.1 Å². The molecular weight excluding hydrogens is 457 g/mol. The van der Waals surface area contributed by atoms with E-state index in [-0.39, 0.29) is 18.4 Å². The van der Waals surface area contributed by atoms with Gasteiger partial charge < -0.3 is 16.0 Å². The van der Waals surface area contributed by atoms with Crippen LogP contribution in [0, 0.1) is 0 Å². The molecule has 31 heavy (non-hydrogen) atoms. The lowest BCUT2D eigenvalue weighted by molar-refractivity contribution is -0.116. The zero-order valence-corrected chi connectivity index (χ0v) is 18.7. The van der Waals surface area contributed by atoms with E-state index in [0.29, 0.717) is 45.0 Å². The highest BCUT2D eigenvalue weighted by Gasteiger charge is 2.09. The predicted molar refractivity (Wildman–Crippen MR) is 128 cm³/mol. The third kappa shape index (κ3) is 7.17. The molecule has 160 valence electrons. The number of carbonyl (C=O) groups is 2. The van der Waals surface area contributed by atoms with Crippen molar-refractivity contribution in [1.82, 2.24) is 0 Å². The number of amides is 2. The van der Waals surface area contributed by atoms with Crippen molar-refractivity contribution in [3.05, 3.63) is 87.4 Å². The SMILES string of the molecule is O=C(CCc1ccccc1)Nc1cccc(NC(=O)CNc2cc(Cl)c(Cl)cc2Cl)c1. The predicted octanol–water partition coefficient (Wildman–Crippen LogP) is 6.27. The van der Waals surface area contributed by atoms with Crippen molar-refractivity contribution in [2.45, 2.75) is 12.8 Å². The molecule has 3 N–H and O–H groups in total. The maximum atomic E-state index is 12.3. The lowest BCUT2D eigenvalue weighted by Gasteiger charge is -2.11. The van der Waals surface area contributed by atoms with Crippen LogP contribution in [-0.2, 0) is 16.0 Å². The lowest BCUT2D eigenvalue weighted by atomic mass is 10.1. The Morgan fingerprint density at radius 1 is 0.710 bits per heavy atom. The van der Waals surface area contributed by atoms with Crippen LogP contribution in [0.2, 0.25) is 15.1 Å². The minimum Gasteiger partial charge on any atom is -0.375 e. The molecule has 5 nitrogen and oxygen atoms in total. The molecule has 8 heteroatoms. The van der Waals surface area contributed by atoms with Crippen LogP contribution in [0.3, 0.4) is 0 Å². The number of benzene rings is 3. The normalized spacial score (nSPS) is 10.4. The summed E-state index contributed by atoms with van der Waals surface area (Å²) in [4.78, 5) is 24.5. The van der Waals surface area contributed by atoms with Gasteiger partial charge in [0.2, 0.25) is 11.8 Å². The second-order valence-corrected chi connectivity index (χ2v) is 7.98. The number of carbonyl (C=O) groups excluding carboxylic acids is 2. The molecule has 0 aromatic heterocycles. The molecule has 2 amide bonds. The molecule has 0 saturated heterocycles. The van der Waals surface area contributed by atoms with Crippen molar-refractivity contribution in [2.75, 3.05) is 22.5 Å². The van der Waals surface area contributed by atoms with Crippen LogP contribution in [0.15, 0.2) is 66.7 Å². The molecule has 0 radical (unpaired) electrons. The first-order valence-electron chi connectivity index (χ1n) is 9.53. The van der Waals surface area contributed by atoms with Crippen molar-refractivity contribution in [3.63, 3.8) is 0 Å². The molecule has 0 spiro atoms. The fraction of sp³-hybridized carbons (Fsp3) is 0.130. The quantitative estimate of drug-likeness (QED) is 0.336. The van der Waals surface area contributed by atoms with Gasteiger partial charge in [-0.3, -0.25) is 9.59 Å². The minimum absolute atomic E-state index is 0.0225. The van der Waals surface area contributed by atoms with Gasteiger partial charge in [-0.2, -0.15) is 0 Å². The molecule has 0 aliphatic carbocycles. The largest absolute Gasteiger partial charge is 0.375 e. The number of halogens is 3. The summed E-state index contributed by atoms with van der Waals surface area (Å²) in [5.74, 6) is -0.377. The monoisotopic (exact) mass is 475 g/mol. The van der Waals surface area contributed by atoms with E-state index in [9.17, 15) is 9.59 Å². The van der Waals surface area contributed by atoms with E-state index >= 15 is 0 Å². The number of hydrogen-bond acceptors (Lipinski definition) is 3. The van der Waals surface area contributed by atoms with Gasteiger partial charge in [0.15, 0.2) is 0 Å². The van der Waals surface area contributed by atoms with Gasteiger partial charge in [0, 0.05) is 17.8 Å². The first kappa shape index (κ1) is 22.9. The van der Waals surface area contributed by atoms with E-state index in [0.717, 1.165) is 5.56 Å². The zero-order chi connectivity index (χ0) is 22.2. The molecule has 0 heterocycles. The zero-order valence-electron chi connectivity index (χ0n) is 16.4. The average Bonchev–Trinajstić information content (AvgIpc) is 2.75. The Hall–Kier alpha value is -2.73. The van der Waals surface area contributed by atoms with Gasteiger partial charge in [-0.1, -0.05) is 71.2 Å². The van der Waals surface area contributed by atoms with E-state index in [1.807, 2.05) is 30.3 Å². The summed E-state index contributed by atoms with van der Waals surface area (Å²) in [7, 11) is 0. The van der Waals surface area contributed by atoms with Gasteiger partial charge in [0.25, 0.3) is 0 Å². The number of aryl methyl sites for hydroxylation is 1. The van der Waals surface area contributed by atoms with Gasteiger partial charge in [-0.05, 0) is 42.3 Å². The molecule has 0 aliphatic rings. The van der Waals surface area contributed by atoms with Crippen LogP contribution >= 0.6 is 34.8 Å². The lowest BCUT2D eigenvalue weighted by Crippen LogP contribution is -2.22. The summed E-state index contributed by atoms with van der Waals surface area (Å²) in [5.41, 5.74) is 2.78. The van der Waals surface area contributed by atoms with Gasteiger partial charge in [0.05, 0.1) is 27.3 Å². The first-order chi connectivity index (χ1) is 14.9. The summed E-state index contributed by atoms with van der Waals surface area (Å²) < 4.78 is 0.